The summed E-state index contributed by atoms with van der Waals surface area (Å²) in [6, 6.07) is 129. The summed E-state index contributed by atoms with van der Waals surface area (Å²) in [7, 11) is -3.12. The van der Waals surface area contributed by atoms with E-state index in [4.69, 9.17) is 0 Å². The Balaban J connectivity index is 0.891. The second-order valence-corrected chi connectivity index (χ2v) is 26.9. The number of rotatable bonds is 11. The summed E-state index contributed by atoms with van der Waals surface area (Å²) >= 11 is 0. The van der Waals surface area contributed by atoms with E-state index in [1.54, 1.807) is 0 Å². The lowest BCUT2D eigenvalue weighted by Gasteiger charge is -2.36. The fraction of sp³-hybridized carbons (Fsp3) is 0. The van der Waals surface area contributed by atoms with E-state index in [0.717, 1.165) is 55.9 Å². The number of aromatic nitrogens is 3. The number of para-hydroxylation sites is 5. The fourth-order valence-corrected chi connectivity index (χ4v) is 19.3. The Hall–Kier alpha value is -11.3. The molecule has 17 rings (SSSR count). The summed E-state index contributed by atoms with van der Waals surface area (Å²) in [5.74, 6) is 0. The molecule has 88 heavy (non-hydrogen) atoms. The first-order chi connectivity index (χ1) is 43.7. The zero-order valence-corrected chi connectivity index (χ0v) is 49.3. The predicted octanol–water partition coefficient (Wildman–Crippen LogP) is 19.0. The van der Waals surface area contributed by atoms with Gasteiger partial charge in [-0.05, 0) is 109 Å². The molecule has 17 aromatic rings. The van der Waals surface area contributed by atoms with Crippen LogP contribution in [0.1, 0.15) is 0 Å². The minimum Gasteiger partial charge on any atom is -0.309 e. The van der Waals surface area contributed by atoms with Gasteiger partial charge < -0.3 is 13.7 Å². The van der Waals surface area contributed by atoms with Crippen LogP contribution in [0.4, 0.5) is 0 Å². The Morgan fingerprint density at radius 1 is 0.193 bits per heavy atom. The summed E-state index contributed by atoms with van der Waals surface area (Å²) in [5.41, 5.74) is 19.8. The smallest absolute Gasteiger partial charge is 0.179 e. The van der Waals surface area contributed by atoms with E-state index < -0.39 is 8.07 Å². The first-order valence-electron chi connectivity index (χ1n) is 30.4. The molecule has 0 amide bonds. The molecule has 0 atom stereocenters. The van der Waals surface area contributed by atoms with E-state index in [1.165, 1.54) is 91.9 Å². The van der Waals surface area contributed by atoms with Gasteiger partial charge in [0.15, 0.2) is 8.07 Å². The minimum absolute atomic E-state index is 1.13. The molecule has 3 heterocycles. The van der Waals surface area contributed by atoms with Gasteiger partial charge in [0.25, 0.3) is 0 Å². The van der Waals surface area contributed by atoms with Crippen LogP contribution in [-0.2, 0) is 0 Å². The summed E-state index contributed by atoms with van der Waals surface area (Å²) in [5, 5.41) is 12.6. The van der Waals surface area contributed by atoms with Gasteiger partial charge in [-0.15, -0.1) is 0 Å². The molecule has 0 aliphatic heterocycles. The number of nitrogens with zero attached hydrogens (tertiary/aromatic N) is 3. The quantitative estimate of drug-likeness (QED) is 0.0906. The summed E-state index contributed by atoms with van der Waals surface area (Å²) in [6.45, 7) is 0. The van der Waals surface area contributed by atoms with Crippen molar-refractivity contribution in [3.8, 4) is 61.6 Å². The van der Waals surface area contributed by atoms with Crippen LogP contribution in [0.25, 0.3) is 127 Å². The molecule has 0 saturated carbocycles. The molecule has 0 aliphatic carbocycles. The molecule has 0 spiro atoms. The zero-order valence-electron chi connectivity index (χ0n) is 48.3. The highest BCUT2D eigenvalue weighted by molar-refractivity contribution is 7.20. The van der Waals surface area contributed by atoms with Crippen LogP contribution in [0.5, 0.6) is 0 Å². The van der Waals surface area contributed by atoms with Gasteiger partial charge >= 0.3 is 0 Å². The van der Waals surface area contributed by atoms with E-state index >= 15 is 0 Å². The van der Waals surface area contributed by atoms with Crippen LogP contribution in [-0.4, -0.2) is 21.8 Å². The van der Waals surface area contributed by atoms with E-state index in [2.05, 4.69) is 359 Å². The molecular formula is C84H57N3Si. The van der Waals surface area contributed by atoms with Gasteiger partial charge in [0.05, 0.1) is 44.5 Å². The first-order valence-corrected chi connectivity index (χ1v) is 32.4. The Labute approximate surface area is 512 Å². The van der Waals surface area contributed by atoms with Crippen LogP contribution in [0.3, 0.4) is 0 Å². The van der Waals surface area contributed by atoms with Crippen LogP contribution < -0.4 is 20.7 Å². The molecule has 14 aromatic carbocycles. The van der Waals surface area contributed by atoms with Crippen molar-refractivity contribution in [1.82, 2.24) is 13.7 Å². The van der Waals surface area contributed by atoms with Crippen molar-refractivity contribution < 1.29 is 0 Å². The summed E-state index contributed by atoms with van der Waals surface area (Å²) < 4.78 is 7.47. The maximum atomic E-state index is 2.57. The maximum Gasteiger partial charge on any atom is 0.179 e. The number of hydrogen-bond acceptors (Lipinski definition) is 0. The predicted molar refractivity (Wildman–Crippen MR) is 375 cm³/mol. The largest absolute Gasteiger partial charge is 0.309 e. The average Bonchev–Trinajstić information content (AvgIpc) is 1.64. The average molecular weight is 1140 g/mol. The number of fused-ring (bicyclic) bond motifs is 9. The third-order valence-corrected chi connectivity index (χ3v) is 23.2. The van der Waals surface area contributed by atoms with Crippen molar-refractivity contribution >= 4 is 94.2 Å². The van der Waals surface area contributed by atoms with Crippen molar-refractivity contribution in [2.45, 2.75) is 0 Å². The molecule has 3 aromatic heterocycles. The topological polar surface area (TPSA) is 14.8 Å². The molecule has 0 aliphatic rings. The summed E-state index contributed by atoms with van der Waals surface area (Å²) in [6.07, 6.45) is 0. The molecule has 0 N–H and O–H groups in total. The molecule has 0 bridgehead atoms. The Morgan fingerprint density at radius 2 is 0.557 bits per heavy atom. The highest BCUT2D eigenvalue weighted by atomic mass is 28.3. The molecule has 3 nitrogen and oxygen atoms in total. The van der Waals surface area contributed by atoms with Crippen LogP contribution in [0.15, 0.2) is 346 Å². The van der Waals surface area contributed by atoms with E-state index in [0.29, 0.717) is 0 Å². The standard InChI is InChI=1S/C84H57N3Si/c1-6-26-58(27-7-1)59-46-50-66(51-47-59)88(64-32-12-4-13-33-64,65-34-14-5-15-35-65)67-56-73(60-28-8-2-9-29-60)84(74(57-67)61-30-10-3-11-31-61)87-81-45-25-20-39-71(81)75-54-62(48-52-83(75)87)68-36-16-21-41-77(68)86-80-44-24-19-40-72(80)76-55-63(49-53-82(76)86)85-78-42-22-17-37-69(78)70-38-18-23-43-79(70)85/h1-57H. The van der Waals surface area contributed by atoms with Crippen LogP contribution >= 0.6 is 0 Å². The fourth-order valence-electron chi connectivity index (χ4n) is 14.5. The highest BCUT2D eigenvalue weighted by Gasteiger charge is 2.43. The Kier molecular flexibility index (Phi) is 12.2. The van der Waals surface area contributed by atoms with Gasteiger partial charge in [-0.3, -0.25) is 0 Å². The first kappa shape index (κ1) is 51.1. The van der Waals surface area contributed by atoms with Crippen molar-refractivity contribution in [2.24, 2.45) is 0 Å². The van der Waals surface area contributed by atoms with Gasteiger partial charge in [-0.2, -0.15) is 0 Å². The molecule has 0 radical (unpaired) electrons. The van der Waals surface area contributed by atoms with Crippen molar-refractivity contribution in [1.29, 1.82) is 0 Å². The van der Waals surface area contributed by atoms with Crippen molar-refractivity contribution in [3.63, 3.8) is 0 Å². The van der Waals surface area contributed by atoms with E-state index in [9.17, 15) is 0 Å². The lowest BCUT2D eigenvalue weighted by atomic mass is 9.95. The lowest BCUT2D eigenvalue weighted by Crippen LogP contribution is -2.74. The maximum absolute atomic E-state index is 3.12. The van der Waals surface area contributed by atoms with Crippen LogP contribution in [0, 0.1) is 0 Å². The highest BCUT2D eigenvalue weighted by Crippen LogP contribution is 2.44. The monoisotopic (exact) mass is 1140 g/mol. The second kappa shape index (κ2) is 21.0. The lowest BCUT2D eigenvalue weighted by molar-refractivity contribution is 1.17. The molecule has 4 heteroatoms. The third kappa shape index (κ3) is 8.11. The van der Waals surface area contributed by atoms with Gasteiger partial charge in [0, 0.05) is 54.7 Å². The van der Waals surface area contributed by atoms with E-state index in [-0.39, 0.29) is 0 Å². The molecule has 0 unspecified atom stereocenters. The number of hydrogen-bond donors (Lipinski definition) is 0. The molecule has 0 saturated heterocycles. The van der Waals surface area contributed by atoms with Gasteiger partial charge in [0.2, 0.25) is 0 Å². The second-order valence-electron chi connectivity index (χ2n) is 23.1. The number of benzene rings is 14. The molecule has 0 fully saturated rings. The van der Waals surface area contributed by atoms with Gasteiger partial charge in [0.1, 0.15) is 0 Å². The SMILES string of the molecule is c1ccc(-c2ccc([Si](c3ccccc3)(c3ccccc3)c3cc(-c4ccccc4)c(-n4c5ccccc5c5cc(-c6ccccc6-n6c7ccccc7c7cc(-n8c9ccccc9c9ccccc98)ccc76)ccc54)c(-c4ccccc4)c3)cc2)cc1. The normalized spacial score (nSPS) is 11.9. The Bertz CT molecular complexity index is 5320. The van der Waals surface area contributed by atoms with Crippen molar-refractivity contribution in [3.05, 3.63) is 346 Å². The Morgan fingerprint density at radius 3 is 1.10 bits per heavy atom. The van der Waals surface area contributed by atoms with E-state index in [1.807, 2.05) is 0 Å². The summed E-state index contributed by atoms with van der Waals surface area (Å²) in [4.78, 5) is 0. The zero-order chi connectivity index (χ0) is 58.1. The van der Waals surface area contributed by atoms with Gasteiger partial charge in [-0.1, -0.05) is 285 Å². The van der Waals surface area contributed by atoms with Crippen molar-refractivity contribution in [2.75, 3.05) is 0 Å². The third-order valence-electron chi connectivity index (χ3n) is 18.4. The van der Waals surface area contributed by atoms with Crippen LogP contribution in [0.2, 0.25) is 0 Å². The molecular weight excluding hydrogens is 1080 g/mol. The molecule has 412 valence electrons. The minimum atomic E-state index is -3.12. The van der Waals surface area contributed by atoms with Gasteiger partial charge in [-0.25, -0.2) is 0 Å².